The summed E-state index contributed by atoms with van der Waals surface area (Å²) in [4.78, 5) is 26.1. The Morgan fingerprint density at radius 3 is 2.46 bits per heavy atom. The number of urea groups is 1. The van der Waals surface area contributed by atoms with Crippen LogP contribution < -0.4 is 20.4 Å². The molecule has 0 radical (unpaired) electrons. The Morgan fingerprint density at radius 1 is 1.17 bits per heavy atom. The maximum Gasteiger partial charge on any atom is 0.321 e. The van der Waals surface area contributed by atoms with E-state index >= 15 is 0 Å². The topological polar surface area (TPSA) is 67.1 Å². The molecule has 0 bridgehead atoms. The highest BCUT2D eigenvalue weighted by Crippen LogP contribution is 2.09. The zero-order valence-corrected chi connectivity index (χ0v) is 15.1. The summed E-state index contributed by atoms with van der Waals surface area (Å²) in [6, 6.07) is 7.57. The Kier molecular flexibility index (Phi) is 7.02. The van der Waals surface area contributed by atoms with E-state index in [4.69, 9.17) is 11.6 Å². The van der Waals surface area contributed by atoms with Crippen LogP contribution in [0.2, 0.25) is 5.02 Å². The number of imide groups is 1. The summed E-state index contributed by atoms with van der Waals surface area (Å²) < 4.78 is 0. The largest absolute Gasteiger partial charge is 0.336 e. The monoisotopic (exact) mass is 354 g/mol. The highest BCUT2D eigenvalue weighted by Gasteiger charge is 2.25. The number of hydrogen-bond donors (Lipinski definition) is 4. The predicted molar refractivity (Wildman–Crippen MR) is 93.2 cm³/mol. The van der Waals surface area contributed by atoms with E-state index in [1.54, 1.807) is 0 Å². The van der Waals surface area contributed by atoms with E-state index in [2.05, 4.69) is 16.7 Å². The molecular formula is C17H27ClN4O2+2. The van der Waals surface area contributed by atoms with Crippen LogP contribution in [-0.2, 0) is 11.3 Å². The van der Waals surface area contributed by atoms with Crippen molar-refractivity contribution in [2.75, 3.05) is 32.7 Å². The van der Waals surface area contributed by atoms with Crippen molar-refractivity contribution in [1.29, 1.82) is 0 Å². The smallest absolute Gasteiger partial charge is 0.321 e. The highest BCUT2D eigenvalue weighted by atomic mass is 35.5. The summed E-state index contributed by atoms with van der Waals surface area (Å²) in [6.07, 6.45) is 0. The van der Waals surface area contributed by atoms with E-state index in [0.29, 0.717) is 6.54 Å². The molecule has 0 spiro atoms. The minimum Gasteiger partial charge on any atom is -0.336 e. The Morgan fingerprint density at radius 2 is 1.83 bits per heavy atom. The van der Waals surface area contributed by atoms with Crippen molar-refractivity contribution in [2.24, 2.45) is 0 Å². The molecule has 24 heavy (non-hydrogen) atoms. The number of benzene rings is 1. The molecule has 0 aromatic heterocycles. The third-order valence-electron chi connectivity index (χ3n) is 4.09. The zero-order valence-electron chi connectivity index (χ0n) is 14.3. The molecule has 1 aliphatic rings. The second-order valence-electron chi connectivity index (χ2n) is 6.66. The van der Waals surface area contributed by atoms with Crippen LogP contribution in [0, 0.1) is 0 Å². The van der Waals surface area contributed by atoms with Gasteiger partial charge in [0, 0.05) is 16.6 Å². The lowest BCUT2D eigenvalue weighted by molar-refractivity contribution is -1.02. The number of amides is 3. The fourth-order valence-corrected chi connectivity index (χ4v) is 3.16. The molecule has 0 unspecified atom stereocenters. The van der Waals surface area contributed by atoms with Gasteiger partial charge in [0.25, 0.3) is 5.91 Å². The van der Waals surface area contributed by atoms with Crippen molar-refractivity contribution < 1.29 is 19.4 Å². The first kappa shape index (κ1) is 18.7. The number of quaternary nitrogens is 2. The molecule has 0 saturated carbocycles. The lowest BCUT2D eigenvalue weighted by Crippen LogP contribution is -3.28. The van der Waals surface area contributed by atoms with E-state index < -0.39 is 6.03 Å². The number of piperazine rings is 1. The molecule has 3 amide bonds. The number of rotatable bonds is 5. The minimum absolute atomic E-state index is 0.0174. The number of carbonyl (C=O) groups excluding carboxylic acids is 2. The van der Waals surface area contributed by atoms with E-state index in [9.17, 15) is 9.59 Å². The lowest BCUT2D eigenvalue weighted by Gasteiger charge is -2.29. The van der Waals surface area contributed by atoms with Gasteiger partial charge < -0.3 is 15.1 Å². The number of nitrogens with one attached hydrogen (secondary N) is 4. The Balaban J connectivity index is 1.70. The molecule has 0 atom stereocenters. The SMILES string of the molecule is CC(C)NC(=O)NC(=O)C[NH+]1CC[NH+](Cc2cccc(Cl)c2)CC1. The quantitative estimate of drug-likeness (QED) is 0.540. The van der Waals surface area contributed by atoms with Crippen LogP contribution in [0.4, 0.5) is 4.79 Å². The van der Waals surface area contributed by atoms with E-state index in [0.717, 1.165) is 37.7 Å². The fourth-order valence-electron chi connectivity index (χ4n) is 2.94. The van der Waals surface area contributed by atoms with E-state index in [1.807, 2.05) is 32.0 Å². The number of hydrogen-bond acceptors (Lipinski definition) is 2. The summed E-state index contributed by atoms with van der Waals surface area (Å²) in [5.41, 5.74) is 1.24. The molecule has 4 N–H and O–H groups in total. The molecule has 1 aromatic rings. The van der Waals surface area contributed by atoms with Gasteiger partial charge in [-0.15, -0.1) is 0 Å². The van der Waals surface area contributed by atoms with Gasteiger partial charge >= 0.3 is 6.03 Å². The first-order chi connectivity index (χ1) is 11.4. The second kappa shape index (κ2) is 9.01. The highest BCUT2D eigenvalue weighted by molar-refractivity contribution is 6.30. The first-order valence-corrected chi connectivity index (χ1v) is 8.82. The molecule has 7 heteroatoms. The Bertz CT molecular complexity index is 571. The van der Waals surface area contributed by atoms with Crippen molar-refractivity contribution >= 4 is 23.5 Å². The van der Waals surface area contributed by atoms with Gasteiger partial charge in [-0.05, 0) is 26.0 Å². The van der Waals surface area contributed by atoms with Gasteiger partial charge in [0.2, 0.25) is 0 Å². The minimum atomic E-state index is -0.417. The molecule has 1 aliphatic heterocycles. The molecule has 1 fully saturated rings. The maximum atomic E-state index is 11.9. The first-order valence-electron chi connectivity index (χ1n) is 8.44. The van der Waals surface area contributed by atoms with Crippen LogP contribution in [0.25, 0.3) is 0 Å². The van der Waals surface area contributed by atoms with Crippen molar-refractivity contribution in [3.05, 3.63) is 34.9 Å². The van der Waals surface area contributed by atoms with Gasteiger partial charge in [-0.2, -0.15) is 0 Å². The van der Waals surface area contributed by atoms with Crippen molar-refractivity contribution in [3.63, 3.8) is 0 Å². The van der Waals surface area contributed by atoms with Crippen LogP contribution in [0.3, 0.4) is 0 Å². The third kappa shape index (κ3) is 6.47. The average Bonchev–Trinajstić information content (AvgIpc) is 2.48. The summed E-state index contributed by atoms with van der Waals surface area (Å²) in [6.45, 7) is 8.88. The normalized spacial score (nSPS) is 20.7. The Labute approximate surface area is 148 Å². The van der Waals surface area contributed by atoms with Crippen molar-refractivity contribution in [3.8, 4) is 0 Å². The summed E-state index contributed by atoms with van der Waals surface area (Å²) in [5, 5.41) is 5.81. The van der Waals surface area contributed by atoms with Crippen LogP contribution in [0.5, 0.6) is 0 Å². The summed E-state index contributed by atoms with van der Waals surface area (Å²) >= 11 is 6.03. The zero-order chi connectivity index (χ0) is 17.5. The molecular weight excluding hydrogens is 328 g/mol. The second-order valence-corrected chi connectivity index (χ2v) is 7.10. The molecule has 1 saturated heterocycles. The lowest BCUT2D eigenvalue weighted by atomic mass is 10.2. The fraction of sp³-hybridized carbons (Fsp3) is 0.529. The van der Waals surface area contributed by atoms with Crippen LogP contribution in [-0.4, -0.2) is 50.7 Å². The van der Waals surface area contributed by atoms with Gasteiger partial charge in [0.15, 0.2) is 6.54 Å². The van der Waals surface area contributed by atoms with Gasteiger partial charge in [-0.25, -0.2) is 4.79 Å². The predicted octanol–water partition coefficient (Wildman–Crippen LogP) is -1.14. The van der Waals surface area contributed by atoms with E-state index in [-0.39, 0.29) is 11.9 Å². The summed E-state index contributed by atoms with van der Waals surface area (Å²) in [5.74, 6) is -0.221. The van der Waals surface area contributed by atoms with Crippen molar-refractivity contribution in [1.82, 2.24) is 10.6 Å². The molecule has 2 rings (SSSR count). The third-order valence-corrected chi connectivity index (χ3v) is 4.33. The molecule has 132 valence electrons. The van der Waals surface area contributed by atoms with Crippen LogP contribution >= 0.6 is 11.6 Å². The molecule has 1 heterocycles. The standard InChI is InChI=1S/C17H25ClN4O2/c1-13(2)19-17(24)20-16(23)12-22-8-6-21(7-9-22)11-14-4-3-5-15(18)10-14/h3-5,10,13H,6-9,11-12H2,1-2H3,(H2,19,20,23,24)/p+2. The molecule has 0 aliphatic carbocycles. The van der Waals surface area contributed by atoms with Gasteiger partial charge in [-0.3, -0.25) is 10.1 Å². The number of halogens is 1. The van der Waals surface area contributed by atoms with Gasteiger partial charge in [0.1, 0.15) is 32.7 Å². The number of carbonyl (C=O) groups is 2. The van der Waals surface area contributed by atoms with Crippen LogP contribution in [0.1, 0.15) is 19.4 Å². The van der Waals surface area contributed by atoms with Crippen molar-refractivity contribution in [2.45, 2.75) is 26.4 Å². The van der Waals surface area contributed by atoms with Gasteiger partial charge in [0.05, 0.1) is 0 Å². The Hall–Kier alpha value is -1.63. The molecule has 1 aromatic carbocycles. The van der Waals surface area contributed by atoms with Gasteiger partial charge in [-0.1, -0.05) is 23.7 Å². The maximum absolute atomic E-state index is 11.9. The van der Waals surface area contributed by atoms with E-state index in [1.165, 1.54) is 15.4 Å². The summed E-state index contributed by atoms with van der Waals surface area (Å²) in [7, 11) is 0. The average molecular weight is 355 g/mol. The molecule has 6 nitrogen and oxygen atoms in total. The van der Waals surface area contributed by atoms with Crippen LogP contribution in [0.15, 0.2) is 24.3 Å².